The lowest BCUT2D eigenvalue weighted by molar-refractivity contribution is -0.119. The highest BCUT2D eigenvalue weighted by atomic mass is 16.2. The van der Waals surface area contributed by atoms with Crippen molar-refractivity contribution in [1.82, 2.24) is 5.32 Å². The molecule has 1 aliphatic rings. The van der Waals surface area contributed by atoms with Crippen LogP contribution in [0.15, 0.2) is 18.2 Å². The number of benzene rings is 1. The van der Waals surface area contributed by atoms with E-state index in [0.717, 1.165) is 19.3 Å². The maximum atomic E-state index is 11.4. The zero-order valence-corrected chi connectivity index (χ0v) is 11.0. The van der Waals surface area contributed by atoms with Gasteiger partial charge in [0.15, 0.2) is 0 Å². The Kier molecular flexibility index (Phi) is 3.23. The Bertz CT molecular complexity index is 439. The summed E-state index contributed by atoms with van der Waals surface area (Å²) in [4.78, 5) is 11.4. The number of aryl methyl sites for hydroxylation is 1. The minimum atomic E-state index is -0.00433. The van der Waals surface area contributed by atoms with E-state index in [1.54, 1.807) is 0 Å². The Morgan fingerprint density at radius 1 is 1.35 bits per heavy atom. The molecule has 0 aromatic heterocycles. The number of nitrogens with one attached hydrogen (secondary N) is 1. The molecule has 1 N–H and O–H groups in total. The van der Waals surface area contributed by atoms with E-state index in [-0.39, 0.29) is 11.4 Å². The van der Waals surface area contributed by atoms with Crippen LogP contribution in [-0.4, -0.2) is 11.4 Å². The third-order valence-corrected chi connectivity index (χ3v) is 4.16. The Labute approximate surface area is 103 Å². The van der Waals surface area contributed by atoms with Gasteiger partial charge in [-0.05, 0) is 49.8 Å². The van der Waals surface area contributed by atoms with Crippen LogP contribution in [0.5, 0.6) is 0 Å². The molecular weight excluding hydrogens is 210 g/mol. The Hall–Kier alpha value is -1.31. The predicted octanol–water partition coefficient (Wildman–Crippen LogP) is 2.90. The van der Waals surface area contributed by atoms with Crippen LogP contribution in [-0.2, 0) is 11.2 Å². The van der Waals surface area contributed by atoms with E-state index in [4.69, 9.17) is 0 Å². The lowest BCUT2D eigenvalue weighted by atomic mass is 9.85. The minimum absolute atomic E-state index is 0.00433. The van der Waals surface area contributed by atoms with E-state index in [9.17, 15) is 4.79 Å². The second-order valence-electron chi connectivity index (χ2n) is 5.22. The number of amides is 1. The van der Waals surface area contributed by atoms with Gasteiger partial charge in [0.25, 0.3) is 0 Å². The van der Waals surface area contributed by atoms with Crippen molar-refractivity contribution >= 4 is 5.91 Å². The monoisotopic (exact) mass is 231 g/mol. The smallest absolute Gasteiger partial charge is 0.220 e. The molecule has 1 unspecified atom stereocenters. The minimum Gasteiger partial charge on any atom is -0.350 e. The Balaban J connectivity index is 2.25. The molecule has 2 rings (SSSR count). The van der Waals surface area contributed by atoms with E-state index in [0.29, 0.717) is 6.42 Å². The first-order chi connectivity index (χ1) is 8.06. The number of carbonyl (C=O) groups is 1. The standard InChI is InChI=1S/C15H21NO/c1-4-15(9-8-14(17)16-15)10-13-7-5-6-11(2)12(13)3/h5-7H,4,8-10H2,1-3H3,(H,16,17). The van der Waals surface area contributed by atoms with Gasteiger partial charge in [0.2, 0.25) is 5.91 Å². The van der Waals surface area contributed by atoms with Crippen molar-refractivity contribution < 1.29 is 4.79 Å². The van der Waals surface area contributed by atoms with Gasteiger partial charge in [-0.1, -0.05) is 25.1 Å². The van der Waals surface area contributed by atoms with Gasteiger partial charge in [0.1, 0.15) is 0 Å². The van der Waals surface area contributed by atoms with E-state index in [2.05, 4.69) is 44.3 Å². The van der Waals surface area contributed by atoms with Gasteiger partial charge in [-0.15, -0.1) is 0 Å². The topological polar surface area (TPSA) is 29.1 Å². The molecular formula is C15H21NO. The molecule has 0 aliphatic carbocycles. The highest BCUT2D eigenvalue weighted by Gasteiger charge is 2.36. The molecule has 0 saturated carbocycles. The van der Waals surface area contributed by atoms with Crippen LogP contribution in [0, 0.1) is 13.8 Å². The molecule has 1 amide bonds. The average molecular weight is 231 g/mol. The second-order valence-corrected chi connectivity index (χ2v) is 5.22. The summed E-state index contributed by atoms with van der Waals surface area (Å²) in [6.45, 7) is 6.48. The summed E-state index contributed by atoms with van der Waals surface area (Å²) in [6.07, 6.45) is 3.61. The molecule has 1 aromatic rings. The van der Waals surface area contributed by atoms with Crippen molar-refractivity contribution in [3.63, 3.8) is 0 Å². The maximum absolute atomic E-state index is 11.4. The van der Waals surface area contributed by atoms with E-state index < -0.39 is 0 Å². The molecule has 1 heterocycles. The summed E-state index contributed by atoms with van der Waals surface area (Å²) in [5.41, 5.74) is 4.06. The summed E-state index contributed by atoms with van der Waals surface area (Å²) in [5.74, 6) is 0.206. The van der Waals surface area contributed by atoms with Crippen LogP contribution in [0.25, 0.3) is 0 Å². The van der Waals surface area contributed by atoms with Crippen LogP contribution in [0.4, 0.5) is 0 Å². The van der Waals surface area contributed by atoms with Crippen LogP contribution in [0.3, 0.4) is 0 Å². The van der Waals surface area contributed by atoms with Crippen LogP contribution < -0.4 is 5.32 Å². The van der Waals surface area contributed by atoms with Crippen molar-refractivity contribution in [3.05, 3.63) is 34.9 Å². The molecule has 2 heteroatoms. The van der Waals surface area contributed by atoms with Crippen LogP contribution in [0.2, 0.25) is 0 Å². The zero-order valence-electron chi connectivity index (χ0n) is 11.0. The molecule has 0 bridgehead atoms. The van der Waals surface area contributed by atoms with E-state index in [1.165, 1.54) is 16.7 Å². The van der Waals surface area contributed by atoms with Gasteiger partial charge in [-0.3, -0.25) is 4.79 Å². The number of hydrogen-bond donors (Lipinski definition) is 1. The second kappa shape index (κ2) is 4.52. The maximum Gasteiger partial charge on any atom is 0.220 e. The first-order valence-electron chi connectivity index (χ1n) is 6.42. The van der Waals surface area contributed by atoms with Crippen LogP contribution in [0.1, 0.15) is 42.9 Å². The summed E-state index contributed by atoms with van der Waals surface area (Å²) in [7, 11) is 0. The van der Waals surface area contributed by atoms with Crippen molar-refractivity contribution in [2.75, 3.05) is 0 Å². The van der Waals surface area contributed by atoms with Gasteiger partial charge in [0, 0.05) is 12.0 Å². The molecule has 1 atom stereocenters. The van der Waals surface area contributed by atoms with Crippen molar-refractivity contribution in [3.8, 4) is 0 Å². The summed E-state index contributed by atoms with van der Waals surface area (Å²) >= 11 is 0. The lowest BCUT2D eigenvalue weighted by Gasteiger charge is -2.28. The van der Waals surface area contributed by atoms with E-state index >= 15 is 0 Å². The van der Waals surface area contributed by atoms with Gasteiger partial charge in [-0.2, -0.15) is 0 Å². The van der Waals surface area contributed by atoms with E-state index in [1.807, 2.05) is 0 Å². The van der Waals surface area contributed by atoms with Gasteiger partial charge >= 0.3 is 0 Å². The molecule has 17 heavy (non-hydrogen) atoms. The number of hydrogen-bond acceptors (Lipinski definition) is 1. The first kappa shape index (κ1) is 12.2. The third kappa shape index (κ3) is 2.36. The van der Waals surface area contributed by atoms with Gasteiger partial charge in [-0.25, -0.2) is 0 Å². The zero-order chi connectivity index (χ0) is 12.5. The fraction of sp³-hybridized carbons (Fsp3) is 0.533. The third-order valence-electron chi connectivity index (χ3n) is 4.16. The van der Waals surface area contributed by atoms with Crippen molar-refractivity contribution in [1.29, 1.82) is 0 Å². The molecule has 1 saturated heterocycles. The molecule has 2 nitrogen and oxygen atoms in total. The number of rotatable bonds is 3. The molecule has 0 spiro atoms. The fourth-order valence-corrected chi connectivity index (χ4v) is 2.66. The fourth-order valence-electron chi connectivity index (χ4n) is 2.66. The predicted molar refractivity (Wildman–Crippen MR) is 70.0 cm³/mol. The van der Waals surface area contributed by atoms with Gasteiger partial charge in [0.05, 0.1) is 0 Å². The molecule has 92 valence electrons. The lowest BCUT2D eigenvalue weighted by Crippen LogP contribution is -2.43. The Morgan fingerprint density at radius 3 is 2.71 bits per heavy atom. The molecule has 1 aromatic carbocycles. The van der Waals surface area contributed by atoms with Crippen molar-refractivity contribution in [2.24, 2.45) is 0 Å². The number of carbonyl (C=O) groups excluding carboxylic acids is 1. The highest BCUT2D eigenvalue weighted by molar-refractivity contribution is 5.79. The SMILES string of the molecule is CCC1(Cc2cccc(C)c2C)CCC(=O)N1. The Morgan fingerprint density at radius 2 is 2.12 bits per heavy atom. The largest absolute Gasteiger partial charge is 0.350 e. The summed E-state index contributed by atoms with van der Waals surface area (Å²) in [6, 6.07) is 6.44. The van der Waals surface area contributed by atoms with Gasteiger partial charge < -0.3 is 5.32 Å². The molecule has 1 aliphatic heterocycles. The average Bonchev–Trinajstić information content (AvgIpc) is 2.68. The normalized spacial score (nSPS) is 23.8. The van der Waals surface area contributed by atoms with Crippen LogP contribution >= 0.6 is 0 Å². The summed E-state index contributed by atoms with van der Waals surface area (Å²) in [5, 5.41) is 3.17. The highest BCUT2D eigenvalue weighted by Crippen LogP contribution is 2.29. The first-order valence-corrected chi connectivity index (χ1v) is 6.42. The molecule has 1 fully saturated rings. The quantitative estimate of drug-likeness (QED) is 0.851. The molecule has 0 radical (unpaired) electrons. The van der Waals surface area contributed by atoms with Crippen molar-refractivity contribution in [2.45, 2.75) is 52.0 Å². The summed E-state index contributed by atoms with van der Waals surface area (Å²) < 4.78 is 0.